The number of guanidine groups is 1. The molecule has 11 heteroatoms. The maximum absolute atomic E-state index is 12.4. The number of nitrogens with zero attached hydrogens (tertiary/aromatic N) is 3. The molecule has 9 nitrogen and oxygen atoms in total. The van der Waals surface area contributed by atoms with E-state index >= 15 is 0 Å². The molecule has 42 heavy (non-hydrogen) atoms. The lowest BCUT2D eigenvalue weighted by Gasteiger charge is -2.26. The smallest absolute Gasteiger partial charge is 0.334 e. The molecular weight excluding hydrogens is 577 g/mol. The molecule has 0 bridgehead atoms. The summed E-state index contributed by atoms with van der Waals surface area (Å²) in [6, 6.07) is 19.6. The minimum Gasteiger partial charge on any atom is -0.479 e. The third-order valence-corrected chi connectivity index (χ3v) is 7.08. The second-order valence-corrected chi connectivity index (χ2v) is 10.5. The molecule has 0 saturated heterocycles. The molecule has 1 atom stereocenters. The molecule has 0 spiro atoms. The van der Waals surface area contributed by atoms with Crippen molar-refractivity contribution in [2.45, 2.75) is 38.3 Å². The standard InChI is InChI=1S/C31H29Cl2N5O4/c32-24-14-25(33)16-26(15-24)37-31(36-19-34)38(27-12-10-22(11-13-27)21-4-2-1-3-5-21)18-20-6-8-23(9-7-20)29(40)35-17-28(39)30(41)42/h4,6-16,28,39H,1-3,5,17-18H2,(H,35,40)(H,36,37)(H,41,42)/t28-/m1/s1. The highest BCUT2D eigenvalue weighted by Crippen LogP contribution is 2.30. The first kappa shape index (κ1) is 30.6. The third kappa shape index (κ3) is 8.33. The highest BCUT2D eigenvalue weighted by atomic mass is 35.5. The van der Waals surface area contributed by atoms with Gasteiger partial charge in [-0.05, 0) is 84.8 Å². The third-order valence-electron chi connectivity index (χ3n) is 6.64. The van der Waals surface area contributed by atoms with E-state index in [1.807, 2.05) is 23.2 Å². The molecule has 0 fully saturated rings. The Hall–Kier alpha value is -4.36. The first-order valence-corrected chi connectivity index (χ1v) is 14.0. The summed E-state index contributed by atoms with van der Waals surface area (Å²) < 4.78 is 0. The quantitative estimate of drug-likeness (QED) is 0.103. The lowest BCUT2D eigenvalue weighted by molar-refractivity contribution is -0.146. The summed E-state index contributed by atoms with van der Waals surface area (Å²) in [5.74, 6) is -1.69. The van der Waals surface area contributed by atoms with Gasteiger partial charge in [0.2, 0.25) is 5.96 Å². The predicted molar refractivity (Wildman–Crippen MR) is 164 cm³/mol. The van der Waals surface area contributed by atoms with Crippen molar-refractivity contribution >= 4 is 58.0 Å². The van der Waals surface area contributed by atoms with E-state index in [-0.39, 0.29) is 12.5 Å². The van der Waals surface area contributed by atoms with E-state index in [2.05, 4.69) is 33.8 Å². The molecule has 216 valence electrons. The lowest BCUT2D eigenvalue weighted by atomic mass is 9.93. The fourth-order valence-corrected chi connectivity index (χ4v) is 5.01. The zero-order valence-electron chi connectivity index (χ0n) is 22.6. The van der Waals surface area contributed by atoms with Gasteiger partial charge < -0.3 is 20.4 Å². The number of amides is 1. The maximum Gasteiger partial charge on any atom is 0.334 e. The highest BCUT2D eigenvalue weighted by molar-refractivity contribution is 6.35. The Morgan fingerprint density at radius 1 is 1.02 bits per heavy atom. The Labute approximate surface area is 253 Å². The van der Waals surface area contributed by atoms with Gasteiger partial charge in [0.1, 0.15) is 0 Å². The molecular formula is C31H29Cl2N5O4. The van der Waals surface area contributed by atoms with Crippen LogP contribution in [0.15, 0.2) is 77.8 Å². The van der Waals surface area contributed by atoms with Crippen LogP contribution in [0.4, 0.5) is 11.4 Å². The number of hydrogen-bond donors (Lipinski definition) is 4. The number of aliphatic hydroxyl groups is 1. The van der Waals surface area contributed by atoms with Gasteiger partial charge in [-0.25, -0.2) is 9.79 Å². The minimum absolute atomic E-state index is 0.241. The number of halogens is 2. The molecule has 0 saturated carbocycles. The van der Waals surface area contributed by atoms with Crippen LogP contribution in [0.25, 0.3) is 5.57 Å². The number of carboxylic acid groups (broad SMARTS) is 1. The number of anilines is 1. The van der Waals surface area contributed by atoms with Crippen molar-refractivity contribution in [3.8, 4) is 6.19 Å². The second kappa shape index (κ2) is 14.5. The fourth-order valence-electron chi connectivity index (χ4n) is 4.50. The molecule has 1 amide bonds. The Balaban J connectivity index is 1.64. The van der Waals surface area contributed by atoms with Gasteiger partial charge in [0, 0.05) is 21.3 Å². The summed E-state index contributed by atoms with van der Waals surface area (Å²) in [6.07, 6.45) is 7.02. The Morgan fingerprint density at radius 3 is 2.31 bits per heavy atom. The van der Waals surface area contributed by atoms with Crippen LogP contribution in [0.3, 0.4) is 0 Å². The number of nitrogens with one attached hydrogen (secondary N) is 2. The molecule has 4 N–H and O–H groups in total. The van der Waals surface area contributed by atoms with Gasteiger partial charge in [-0.1, -0.05) is 53.5 Å². The van der Waals surface area contributed by atoms with Gasteiger partial charge in [-0.2, -0.15) is 5.26 Å². The van der Waals surface area contributed by atoms with Crippen LogP contribution < -0.4 is 15.5 Å². The van der Waals surface area contributed by atoms with Crippen molar-refractivity contribution in [2.75, 3.05) is 11.4 Å². The number of carboxylic acids is 1. The Bertz CT molecular complexity index is 1510. The van der Waals surface area contributed by atoms with Crippen molar-refractivity contribution in [1.82, 2.24) is 10.6 Å². The second-order valence-electron chi connectivity index (χ2n) is 9.67. The summed E-state index contributed by atoms with van der Waals surface area (Å²) in [6.45, 7) is -0.132. The van der Waals surface area contributed by atoms with Crippen LogP contribution in [0, 0.1) is 11.5 Å². The number of nitriles is 1. The van der Waals surface area contributed by atoms with Crippen LogP contribution in [0.5, 0.6) is 0 Å². The van der Waals surface area contributed by atoms with E-state index in [9.17, 15) is 20.0 Å². The minimum atomic E-state index is -1.69. The number of aliphatic imine (C=N–C) groups is 1. The molecule has 0 aromatic heterocycles. The predicted octanol–water partition coefficient (Wildman–Crippen LogP) is 5.89. The van der Waals surface area contributed by atoms with Crippen LogP contribution in [-0.4, -0.2) is 40.7 Å². The average molecular weight is 607 g/mol. The van der Waals surface area contributed by atoms with Crippen molar-refractivity contribution in [3.63, 3.8) is 0 Å². The van der Waals surface area contributed by atoms with Crippen LogP contribution >= 0.6 is 23.2 Å². The number of rotatable bonds is 9. The van der Waals surface area contributed by atoms with E-state index in [0.717, 1.165) is 29.7 Å². The van der Waals surface area contributed by atoms with Crippen LogP contribution in [-0.2, 0) is 11.3 Å². The highest BCUT2D eigenvalue weighted by Gasteiger charge is 2.18. The van der Waals surface area contributed by atoms with Gasteiger partial charge in [-0.3, -0.25) is 10.1 Å². The summed E-state index contributed by atoms with van der Waals surface area (Å²) in [7, 11) is 0. The molecule has 4 rings (SSSR count). The van der Waals surface area contributed by atoms with E-state index in [4.69, 9.17) is 28.3 Å². The molecule has 0 unspecified atom stereocenters. The lowest BCUT2D eigenvalue weighted by Crippen LogP contribution is -2.39. The van der Waals surface area contributed by atoms with E-state index < -0.39 is 24.5 Å². The zero-order valence-corrected chi connectivity index (χ0v) is 24.1. The summed E-state index contributed by atoms with van der Waals surface area (Å²) >= 11 is 12.4. The molecule has 0 radical (unpaired) electrons. The van der Waals surface area contributed by atoms with Crippen molar-refractivity contribution in [2.24, 2.45) is 4.99 Å². The number of allylic oxidation sites excluding steroid dienone is 2. The van der Waals surface area contributed by atoms with Crippen molar-refractivity contribution in [1.29, 1.82) is 5.26 Å². The van der Waals surface area contributed by atoms with Crippen molar-refractivity contribution in [3.05, 3.63) is 99.5 Å². The first-order chi connectivity index (χ1) is 20.2. The van der Waals surface area contributed by atoms with Crippen LogP contribution in [0.2, 0.25) is 10.0 Å². The SMILES string of the molecule is N#CNC(=Nc1cc(Cl)cc(Cl)c1)N(Cc1ccc(C(=O)NC[C@@H](O)C(=O)O)cc1)c1ccc(C2=CCCCC2)cc1. The largest absolute Gasteiger partial charge is 0.479 e. The molecule has 1 aliphatic carbocycles. The van der Waals surface area contributed by atoms with Gasteiger partial charge in [-0.15, -0.1) is 0 Å². The van der Waals surface area contributed by atoms with Crippen molar-refractivity contribution < 1.29 is 19.8 Å². The molecule has 1 aliphatic rings. The average Bonchev–Trinajstić information content (AvgIpc) is 2.98. The van der Waals surface area contributed by atoms with Gasteiger partial charge in [0.25, 0.3) is 5.91 Å². The Morgan fingerprint density at radius 2 is 1.71 bits per heavy atom. The molecule has 3 aromatic rings. The zero-order chi connectivity index (χ0) is 30.1. The number of carbonyl (C=O) groups is 2. The number of hydrogen-bond acceptors (Lipinski definition) is 5. The van der Waals surface area contributed by atoms with E-state index in [1.165, 1.54) is 18.4 Å². The number of benzene rings is 3. The monoisotopic (exact) mass is 605 g/mol. The number of carbonyl (C=O) groups excluding carboxylic acids is 1. The number of aliphatic carboxylic acids is 1. The van der Waals surface area contributed by atoms with Crippen LogP contribution in [0.1, 0.15) is 47.2 Å². The Kier molecular flexibility index (Phi) is 10.6. The van der Waals surface area contributed by atoms with Gasteiger partial charge >= 0.3 is 5.97 Å². The maximum atomic E-state index is 12.4. The molecule has 0 aliphatic heterocycles. The molecule has 3 aromatic carbocycles. The van der Waals surface area contributed by atoms with Gasteiger partial charge in [0.15, 0.2) is 12.3 Å². The summed E-state index contributed by atoms with van der Waals surface area (Å²) in [4.78, 5) is 29.7. The van der Waals surface area contributed by atoms with Gasteiger partial charge in [0.05, 0.1) is 18.8 Å². The fraction of sp³-hybridized carbons (Fsp3) is 0.226. The summed E-state index contributed by atoms with van der Waals surface area (Å²) in [5, 5.41) is 33.7. The normalized spacial score (nSPS) is 13.9. The topological polar surface area (TPSA) is 138 Å². The first-order valence-electron chi connectivity index (χ1n) is 13.3. The van der Waals surface area contributed by atoms with E-state index in [1.54, 1.807) is 42.5 Å². The summed E-state index contributed by atoms with van der Waals surface area (Å²) in [5.41, 5.74) is 4.79. The number of aliphatic hydroxyl groups excluding tert-OH is 1. The molecule has 0 heterocycles. The van der Waals surface area contributed by atoms with E-state index in [0.29, 0.717) is 21.3 Å².